The van der Waals surface area contributed by atoms with E-state index < -0.39 is 6.10 Å². The highest BCUT2D eigenvalue weighted by molar-refractivity contribution is 5.32. The first-order valence-corrected chi connectivity index (χ1v) is 7.23. The van der Waals surface area contributed by atoms with E-state index in [2.05, 4.69) is 13.8 Å². The first-order chi connectivity index (χ1) is 9.52. The lowest BCUT2D eigenvalue weighted by Crippen LogP contribution is -2.26. The van der Waals surface area contributed by atoms with Crippen molar-refractivity contribution in [3.63, 3.8) is 0 Å². The number of hydrogen-bond acceptors (Lipinski definition) is 4. The van der Waals surface area contributed by atoms with E-state index in [9.17, 15) is 5.11 Å². The lowest BCUT2D eigenvalue weighted by atomic mass is 10.1. The third kappa shape index (κ3) is 6.37. The van der Waals surface area contributed by atoms with Crippen molar-refractivity contribution in [2.45, 2.75) is 45.9 Å². The van der Waals surface area contributed by atoms with Crippen LogP contribution in [0.15, 0.2) is 24.3 Å². The number of aliphatic hydroxyl groups excluding tert-OH is 1. The van der Waals surface area contributed by atoms with Gasteiger partial charge in [0.25, 0.3) is 0 Å². The van der Waals surface area contributed by atoms with Gasteiger partial charge in [0.15, 0.2) is 0 Å². The quantitative estimate of drug-likeness (QED) is 0.729. The number of benzene rings is 1. The van der Waals surface area contributed by atoms with Crippen LogP contribution in [0.3, 0.4) is 0 Å². The first-order valence-electron chi connectivity index (χ1n) is 7.23. The molecule has 0 aromatic heterocycles. The van der Waals surface area contributed by atoms with Crippen LogP contribution in [0.2, 0.25) is 0 Å². The van der Waals surface area contributed by atoms with Crippen LogP contribution in [0.25, 0.3) is 0 Å². The summed E-state index contributed by atoms with van der Waals surface area (Å²) in [5.41, 5.74) is 6.57. The van der Waals surface area contributed by atoms with Crippen LogP contribution in [0.4, 0.5) is 0 Å². The summed E-state index contributed by atoms with van der Waals surface area (Å²) in [6, 6.07) is 7.59. The average Bonchev–Trinajstić information content (AvgIpc) is 2.42. The number of ether oxygens (including phenoxy) is 2. The van der Waals surface area contributed by atoms with Gasteiger partial charge in [0.2, 0.25) is 0 Å². The Bertz CT molecular complexity index is 382. The van der Waals surface area contributed by atoms with Crippen LogP contribution in [0.1, 0.15) is 32.8 Å². The summed E-state index contributed by atoms with van der Waals surface area (Å²) in [7, 11) is 0. The molecule has 0 spiro atoms. The van der Waals surface area contributed by atoms with Crippen LogP contribution in [0, 0.1) is 5.92 Å². The van der Waals surface area contributed by atoms with Gasteiger partial charge in [0.1, 0.15) is 18.5 Å². The standard InChI is InChI=1S/C16H27NO3/c1-12(2)8-13(3)19-10-15(18)11-20-16-7-5-4-6-14(16)9-17/h4-7,12-13,15,18H,8-11,17H2,1-3H3. The summed E-state index contributed by atoms with van der Waals surface area (Å²) < 4.78 is 11.2. The molecule has 0 bridgehead atoms. The zero-order chi connectivity index (χ0) is 15.0. The monoisotopic (exact) mass is 281 g/mol. The van der Waals surface area contributed by atoms with Crippen LogP contribution in [-0.2, 0) is 11.3 Å². The average molecular weight is 281 g/mol. The second kappa shape index (κ2) is 8.95. The van der Waals surface area contributed by atoms with Crippen molar-refractivity contribution in [3.05, 3.63) is 29.8 Å². The van der Waals surface area contributed by atoms with Crippen LogP contribution >= 0.6 is 0 Å². The van der Waals surface area contributed by atoms with E-state index >= 15 is 0 Å². The summed E-state index contributed by atoms with van der Waals surface area (Å²) in [6.07, 6.45) is 0.514. The highest BCUT2D eigenvalue weighted by Gasteiger charge is 2.11. The number of rotatable bonds is 9. The maximum absolute atomic E-state index is 9.88. The van der Waals surface area contributed by atoms with E-state index in [1.54, 1.807) is 0 Å². The SMILES string of the molecule is CC(C)CC(C)OCC(O)COc1ccccc1CN. The maximum Gasteiger partial charge on any atom is 0.123 e. The van der Waals surface area contributed by atoms with E-state index in [0.717, 1.165) is 17.7 Å². The molecule has 1 aromatic rings. The minimum absolute atomic E-state index is 0.154. The molecule has 2 unspecified atom stereocenters. The van der Waals surface area contributed by atoms with Gasteiger partial charge in [0.05, 0.1) is 12.7 Å². The summed E-state index contributed by atoms with van der Waals surface area (Å²) in [4.78, 5) is 0. The second-order valence-corrected chi connectivity index (χ2v) is 5.55. The molecule has 4 nitrogen and oxygen atoms in total. The van der Waals surface area contributed by atoms with Gasteiger partial charge in [-0.3, -0.25) is 0 Å². The highest BCUT2D eigenvalue weighted by Crippen LogP contribution is 2.17. The fraction of sp³-hybridized carbons (Fsp3) is 0.625. The first kappa shape index (κ1) is 17.0. The summed E-state index contributed by atoms with van der Waals surface area (Å²) in [5.74, 6) is 1.32. The topological polar surface area (TPSA) is 64.7 Å². The van der Waals surface area contributed by atoms with Crippen molar-refractivity contribution in [1.29, 1.82) is 0 Å². The van der Waals surface area contributed by atoms with Gasteiger partial charge in [0, 0.05) is 12.1 Å². The van der Waals surface area contributed by atoms with E-state index in [0.29, 0.717) is 19.1 Å². The molecule has 114 valence electrons. The minimum Gasteiger partial charge on any atom is -0.490 e. The Morgan fingerprint density at radius 2 is 1.85 bits per heavy atom. The van der Waals surface area contributed by atoms with Gasteiger partial charge in [-0.1, -0.05) is 32.0 Å². The van der Waals surface area contributed by atoms with Crippen molar-refractivity contribution in [1.82, 2.24) is 0 Å². The fourth-order valence-electron chi connectivity index (χ4n) is 2.05. The normalized spacial score (nSPS) is 14.3. The molecule has 1 rings (SSSR count). The van der Waals surface area contributed by atoms with Crippen molar-refractivity contribution in [2.75, 3.05) is 13.2 Å². The Labute approximate surface area is 121 Å². The molecule has 0 amide bonds. The van der Waals surface area contributed by atoms with Gasteiger partial charge in [-0.25, -0.2) is 0 Å². The van der Waals surface area contributed by atoms with E-state index in [-0.39, 0.29) is 12.7 Å². The smallest absolute Gasteiger partial charge is 0.123 e. The molecule has 0 heterocycles. The molecule has 2 atom stereocenters. The molecular weight excluding hydrogens is 254 g/mol. The molecule has 0 aliphatic heterocycles. The molecule has 0 aliphatic rings. The zero-order valence-electron chi connectivity index (χ0n) is 12.7. The summed E-state index contributed by atoms with van der Waals surface area (Å²) in [5, 5.41) is 9.88. The molecule has 0 radical (unpaired) electrons. The zero-order valence-corrected chi connectivity index (χ0v) is 12.7. The van der Waals surface area contributed by atoms with Gasteiger partial charge < -0.3 is 20.3 Å². The van der Waals surface area contributed by atoms with Gasteiger partial charge >= 0.3 is 0 Å². The molecule has 3 N–H and O–H groups in total. The molecule has 1 aromatic carbocycles. The molecule has 0 saturated carbocycles. The third-order valence-corrected chi connectivity index (χ3v) is 3.00. The Kier molecular flexibility index (Phi) is 7.59. The lowest BCUT2D eigenvalue weighted by Gasteiger charge is -2.18. The van der Waals surface area contributed by atoms with Crippen molar-refractivity contribution in [3.8, 4) is 5.75 Å². The summed E-state index contributed by atoms with van der Waals surface area (Å²) in [6.45, 7) is 7.27. The molecule has 0 fully saturated rings. The molecule has 20 heavy (non-hydrogen) atoms. The third-order valence-electron chi connectivity index (χ3n) is 3.00. The Morgan fingerprint density at radius 1 is 1.15 bits per heavy atom. The Balaban J connectivity index is 2.31. The Hall–Kier alpha value is -1.10. The van der Waals surface area contributed by atoms with E-state index in [4.69, 9.17) is 15.2 Å². The van der Waals surface area contributed by atoms with Crippen LogP contribution in [0.5, 0.6) is 5.75 Å². The lowest BCUT2D eigenvalue weighted by molar-refractivity contribution is -0.0243. The largest absolute Gasteiger partial charge is 0.490 e. The number of hydrogen-bond donors (Lipinski definition) is 2. The van der Waals surface area contributed by atoms with Crippen LogP contribution < -0.4 is 10.5 Å². The van der Waals surface area contributed by atoms with Crippen molar-refractivity contribution >= 4 is 0 Å². The van der Waals surface area contributed by atoms with Crippen LogP contribution in [-0.4, -0.2) is 30.5 Å². The number of para-hydroxylation sites is 1. The fourth-order valence-corrected chi connectivity index (χ4v) is 2.05. The van der Waals surface area contributed by atoms with Crippen molar-refractivity contribution in [2.24, 2.45) is 11.7 Å². The van der Waals surface area contributed by atoms with E-state index in [1.807, 2.05) is 31.2 Å². The predicted molar refractivity (Wildman–Crippen MR) is 80.7 cm³/mol. The maximum atomic E-state index is 9.88. The van der Waals surface area contributed by atoms with Gasteiger partial charge in [-0.15, -0.1) is 0 Å². The molecule has 0 aliphatic carbocycles. The Morgan fingerprint density at radius 3 is 2.50 bits per heavy atom. The molecule has 0 saturated heterocycles. The number of aliphatic hydroxyl groups is 1. The van der Waals surface area contributed by atoms with Gasteiger partial charge in [-0.05, 0) is 25.3 Å². The predicted octanol–water partition coefficient (Wildman–Crippen LogP) is 2.34. The van der Waals surface area contributed by atoms with Crippen molar-refractivity contribution < 1.29 is 14.6 Å². The molecule has 4 heteroatoms. The molecular formula is C16H27NO3. The number of nitrogens with two attached hydrogens (primary N) is 1. The van der Waals surface area contributed by atoms with E-state index in [1.165, 1.54) is 0 Å². The summed E-state index contributed by atoms with van der Waals surface area (Å²) >= 11 is 0. The minimum atomic E-state index is -0.629. The highest BCUT2D eigenvalue weighted by atomic mass is 16.5. The second-order valence-electron chi connectivity index (χ2n) is 5.55. The van der Waals surface area contributed by atoms with Gasteiger partial charge in [-0.2, -0.15) is 0 Å².